The highest BCUT2D eigenvalue weighted by Gasteiger charge is 2.25. The van der Waals surface area contributed by atoms with Crippen LogP contribution in [0.2, 0.25) is 0 Å². The fourth-order valence-corrected chi connectivity index (χ4v) is 2.74. The van der Waals surface area contributed by atoms with Gasteiger partial charge in [-0.1, -0.05) is 12.1 Å². The molecule has 0 aliphatic heterocycles. The summed E-state index contributed by atoms with van der Waals surface area (Å²) >= 11 is 0. The van der Waals surface area contributed by atoms with Crippen LogP contribution in [0.1, 0.15) is 0 Å². The molecule has 0 bridgehead atoms. The average molecular weight is 254 g/mol. The lowest BCUT2D eigenvalue weighted by molar-refractivity contribution is -0.130. The first-order chi connectivity index (χ1) is 6.79. The summed E-state index contributed by atoms with van der Waals surface area (Å²) in [6, 6.07) is 4.15. The van der Waals surface area contributed by atoms with Gasteiger partial charge in [0.25, 0.3) is 10.1 Å². The van der Waals surface area contributed by atoms with E-state index in [1.165, 1.54) is 12.1 Å². The van der Waals surface area contributed by atoms with Crippen LogP contribution in [0.15, 0.2) is 34.1 Å². The quantitative estimate of drug-likeness (QED) is 0.446. The monoisotopic (exact) mass is 254 g/mol. The highest BCUT2D eigenvalue weighted by molar-refractivity contribution is 7.89. The Balaban J connectivity index is 3.59. The predicted molar refractivity (Wildman–Crippen MR) is 47.2 cm³/mol. The molecule has 0 saturated heterocycles. The van der Waals surface area contributed by atoms with Crippen molar-refractivity contribution in [3.05, 3.63) is 24.3 Å². The molecule has 0 spiro atoms. The highest BCUT2D eigenvalue weighted by atomic mass is 32.2. The summed E-state index contributed by atoms with van der Waals surface area (Å²) in [5, 5.41) is 8.07. The minimum absolute atomic E-state index is 0.838. The Morgan fingerprint density at radius 2 is 1.47 bits per heavy atom. The minimum Gasteiger partial charge on any atom is -0.282 e. The number of hydrogen-bond acceptors (Lipinski definition) is 6. The third kappa shape index (κ3) is 2.52. The Bertz CT molecular complexity index is 557. The zero-order chi connectivity index (χ0) is 11.7. The maximum absolute atomic E-state index is 11.0. The van der Waals surface area contributed by atoms with Crippen molar-refractivity contribution < 1.29 is 31.0 Å². The Morgan fingerprint density at radius 1 is 1.00 bits per heavy atom. The second-order valence-corrected chi connectivity index (χ2v) is 5.34. The van der Waals surface area contributed by atoms with Gasteiger partial charge in [0.1, 0.15) is 9.79 Å². The average Bonchev–Trinajstić information content (AvgIpc) is 2.16. The first-order valence-electron chi connectivity index (χ1n) is 3.43. The second-order valence-electron chi connectivity index (χ2n) is 2.45. The molecular formula is C6H6O7S2. The molecular weight excluding hydrogens is 248 g/mol. The van der Waals surface area contributed by atoms with E-state index >= 15 is 0 Å². The van der Waals surface area contributed by atoms with Crippen LogP contribution < -0.4 is 0 Å². The van der Waals surface area contributed by atoms with E-state index in [-0.39, 0.29) is 0 Å². The van der Waals surface area contributed by atoms with E-state index in [2.05, 4.69) is 4.33 Å². The van der Waals surface area contributed by atoms with Crippen LogP contribution in [-0.4, -0.2) is 26.6 Å². The SMILES string of the molecule is O=S(=O)(O)c1ccccc1S(=O)(=O)OO. The van der Waals surface area contributed by atoms with Crippen molar-refractivity contribution in [2.75, 3.05) is 0 Å². The van der Waals surface area contributed by atoms with Gasteiger partial charge in [-0.3, -0.25) is 4.55 Å². The Kier molecular flexibility index (Phi) is 3.11. The van der Waals surface area contributed by atoms with E-state index in [1.807, 2.05) is 0 Å². The van der Waals surface area contributed by atoms with Crippen LogP contribution >= 0.6 is 0 Å². The lowest BCUT2D eigenvalue weighted by atomic mass is 10.4. The molecule has 0 aliphatic carbocycles. The molecule has 0 fully saturated rings. The van der Waals surface area contributed by atoms with E-state index in [4.69, 9.17) is 9.81 Å². The van der Waals surface area contributed by atoms with Crippen molar-refractivity contribution in [1.29, 1.82) is 0 Å². The lowest BCUT2D eigenvalue weighted by Gasteiger charge is -2.04. The molecule has 7 nitrogen and oxygen atoms in total. The van der Waals surface area contributed by atoms with Gasteiger partial charge < -0.3 is 0 Å². The molecule has 84 valence electrons. The van der Waals surface area contributed by atoms with Crippen molar-refractivity contribution in [3.8, 4) is 0 Å². The van der Waals surface area contributed by atoms with Gasteiger partial charge in [0.15, 0.2) is 0 Å². The smallest absolute Gasteiger partial charge is 0.282 e. The molecule has 0 aromatic heterocycles. The van der Waals surface area contributed by atoms with Gasteiger partial charge in [0.05, 0.1) is 0 Å². The van der Waals surface area contributed by atoms with Gasteiger partial charge in [0.2, 0.25) is 0 Å². The number of hydrogen-bond donors (Lipinski definition) is 2. The molecule has 0 atom stereocenters. The van der Waals surface area contributed by atoms with Gasteiger partial charge in [-0.15, -0.1) is 4.33 Å². The van der Waals surface area contributed by atoms with E-state index in [9.17, 15) is 16.8 Å². The fourth-order valence-electron chi connectivity index (χ4n) is 0.910. The first kappa shape index (κ1) is 12.1. The molecule has 0 saturated carbocycles. The third-order valence-corrected chi connectivity index (χ3v) is 3.63. The molecule has 2 N–H and O–H groups in total. The summed E-state index contributed by atoms with van der Waals surface area (Å²) < 4.78 is 55.4. The van der Waals surface area contributed by atoms with Crippen LogP contribution in [0.5, 0.6) is 0 Å². The molecule has 1 aromatic carbocycles. The molecule has 9 heteroatoms. The zero-order valence-corrected chi connectivity index (χ0v) is 8.69. The summed E-state index contributed by atoms with van der Waals surface area (Å²) in [6.45, 7) is 0. The Hall–Kier alpha value is -1.00. The molecule has 0 aliphatic rings. The number of benzene rings is 1. The maximum Gasteiger partial charge on any atom is 0.324 e. The van der Waals surface area contributed by atoms with Gasteiger partial charge in [0, 0.05) is 0 Å². The van der Waals surface area contributed by atoms with Crippen molar-refractivity contribution in [2.24, 2.45) is 0 Å². The van der Waals surface area contributed by atoms with Gasteiger partial charge >= 0.3 is 10.1 Å². The standard InChI is InChI=1S/C6H6O7S2/c7-13-15(11,12)6-4-2-1-3-5(6)14(8,9)10/h1-4,7H,(H,8,9,10). The third-order valence-electron chi connectivity index (χ3n) is 1.49. The van der Waals surface area contributed by atoms with Crippen molar-refractivity contribution >= 4 is 20.2 Å². The summed E-state index contributed by atoms with van der Waals surface area (Å²) in [6.07, 6.45) is 0. The van der Waals surface area contributed by atoms with E-state index < -0.39 is 30.0 Å². The van der Waals surface area contributed by atoms with Crippen LogP contribution in [0.25, 0.3) is 0 Å². The molecule has 1 aromatic rings. The first-order valence-corrected chi connectivity index (χ1v) is 6.28. The van der Waals surface area contributed by atoms with Crippen molar-refractivity contribution in [3.63, 3.8) is 0 Å². The van der Waals surface area contributed by atoms with Crippen molar-refractivity contribution in [1.82, 2.24) is 0 Å². The zero-order valence-electron chi connectivity index (χ0n) is 7.06. The van der Waals surface area contributed by atoms with Gasteiger partial charge in [-0.2, -0.15) is 16.8 Å². The van der Waals surface area contributed by atoms with Gasteiger partial charge in [-0.05, 0) is 12.1 Å². The Morgan fingerprint density at radius 3 is 1.87 bits per heavy atom. The highest BCUT2D eigenvalue weighted by Crippen LogP contribution is 2.21. The Labute approximate surface area is 85.7 Å². The molecule has 0 amide bonds. The van der Waals surface area contributed by atoms with Gasteiger partial charge in [-0.25, -0.2) is 5.26 Å². The molecule has 0 unspecified atom stereocenters. The molecule has 0 radical (unpaired) electrons. The largest absolute Gasteiger partial charge is 0.324 e. The lowest BCUT2D eigenvalue weighted by Crippen LogP contribution is -2.10. The number of rotatable bonds is 3. The van der Waals surface area contributed by atoms with Crippen LogP contribution in [-0.2, 0) is 24.6 Å². The summed E-state index contributed by atoms with van der Waals surface area (Å²) in [5.74, 6) is 0. The van der Waals surface area contributed by atoms with E-state index in [1.54, 1.807) is 0 Å². The normalized spacial score (nSPS) is 12.7. The summed E-state index contributed by atoms with van der Waals surface area (Å²) in [7, 11) is -9.29. The fraction of sp³-hybridized carbons (Fsp3) is 0. The van der Waals surface area contributed by atoms with Crippen LogP contribution in [0, 0.1) is 0 Å². The van der Waals surface area contributed by atoms with E-state index in [0.29, 0.717) is 0 Å². The topological polar surface area (TPSA) is 118 Å². The summed E-state index contributed by atoms with van der Waals surface area (Å²) in [5.41, 5.74) is 0. The van der Waals surface area contributed by atoms with Crippen LogP contribution in [0.3, 0.4) is 0 Å². The van der Waals surface area contributed by atoms with Crippen molar-refractivity contribution in [2.45, 2.75) is 9.79 Å². The predicted octanol–water partition coefficient (Wildman–Crippen LogP) is 0.112. The second kappa shape index (κ2) is 3.87. The molecule has 0 heterocycles. The molecule has 15 heavy (non-hydrogen) atoms. The maximum atomic E-state index is 11.0. The van der Waals surface area contributed by atoms with E-state index in [0.717, 1.165) is 12.1 Å². The molecule has 1 rings (SSSR count). The summed E-state index contributed by atoms with van der Waals surface area (Å²) in [4.78, 5) is -1.70. The minimum atomic E-state index is -4.70. The van der Waals surface area contributed by atoms with Crippen LogP contribution in [0.4, 0.5) is 0 Å².